The SMILES string of the molecule is O/C=C\OCCc1ccc(CCO)cc1. The Hall–Kier alpha value is -1.48. The number of aliphatic hydroxyl groups is 2. The maximum absolute atomic E-state index is 8.74. The molecule has 0 spiro atoms. The Balaban J connectivity index is 2.35. The van der Waals surface area contributed by atoms with Crippen LogP contribution in [0.3, 0.4) is 0 Å². The molecule has 0 aliphatic carbocycles. The first-order valence-corrected chi connectivity index (χ1v) is 4.96. The summed E-state index contributed by atoms with van der Waals surface area (Å²) in [5.41, 5.74) is 2.32. The van der Waals surface area contributed by atoms with Crippen LogP contribution in [0.4, 0.5) is 0 Å². The molecule has 0 saturated heterocycles. The second-order valence-electron chi connectivity index (χ2n) is 3.20. The lowest BCUT2D eigenvalue weighted by atomic mass is 10.1. The molecular weight excluding hydrogens is 192 g/mol. The number of hydrogen-bond acceptors (Lipinski definition) is 3. The predicted octanol–water partition coefficient (Wildman–Crippen LogP) is 1.81. The van der Waals surface area contributed by atoms with Gasteiger partial charge in [-0.2, -0.15) is 0 Å². The molecule has 82 valence electrons. The van der Waals surface area contributed by atoms with Gasteiger partial charge in [-0.3, -0.25) is 0 Å². The van der Waals surface area contributed by atoms with E-state index in [1.54, 1.807) is 0 Å². The van der Waals surface area contributed by atoms with Gasteiger partial charge in [-0.1, -0.05) is 24.3 Å². The smallest absolute Gasteiger partial charge is 0.117 e. The van der Waals surface area contributed by atoms with Crippen LogP contribution in [0.1, 0.15) is 11.1 Å². The molecule has 15 heavy (non-hydrogen) atoms. The Kier molecular flexibility index (Phi) is 5.33. The fraction of sp³-hybridized carbons (Fsp3) is 0.333. The van der Waals surface area contributed by atoms with Crippen molar-refractivity contribution in [2.45, 2.75) is 12.8 Å². The van der Waals surface area contributed by atoms with Gasteiger partial charge in [0.05, 0.1) is 6.61 Å². The van der Waals surface area contributed by atoms with Crippen LogP contribution in [-0.4, -0.2) is 23.4 Å². The van der Waals surface area contributed by atoms with Crippen molar-refractivity contribution in [3.63, 3.8) is 0 Å². The van der Waals surface area contributed by atoms with E-state index in [-0.39, 0.29) is 6.61 Å². The molecule has 1 rings (SSSR count). The highest BCUT2D eigenvalue weighted by molar-refractivity contribution is 5.22. The van der Waals surface area contributed by atoms with E-state index in [0.717, 1.165) is 18.2 Å². The highest BCUT2D eigenvalue weighted by Crippen LogP contribution is 2.05. The predicted molar refractivity (Wildman–Crippen MR) is 58.7 cm³/mol. The van der Waals surface area contributed by atoms with Gasteiger partial charge in [0, 0.05) is 13.0 Å². The Morgan fingerprint density at radius 2 is 1.67 bits per heavy atom. The molecule has 0 saturated carbocycles. The fourth-order valence-corrected chi connectivity index (χ4v) is 1.29. The fourth-order valence-electron chi connectivity index (χ4n) is 1.29. The first kappa shape index (κ1) is 11.6. The van der Waals surface area contributed by atoms with E-state index in [9.17, 15) is 0 Å². The van der Waals surface area contributed by atoms with Gasteiger partial charge in [0.1, 0.15) is 12.5 Å². The molecule has 0 aliphatic heterocycles. The van der Waals surface area contributed by atoms with Gasteiger partial charge in [0.2, 0.25) is 0 Å². The minimum atomic E-state index is 0.184. The zero-order valence-corrected chi connectivity index (χ0v) is 8.60. The normalized spacial score (nSPS) is 10.7. The summed E-state index contributed by atoms with van der Waals surface area (Å²) in [5.74, 6) is 0. The third-order valence-corrected chi connectivity index (χ3v) is 2.09. The quantitative estimate of drug-likeness (QED) is 0.553. The zero-order chi connectivity index (χ0) is 10.9. The number of hydrogen-bond donors (Lipinski definition) is 2. The number of ether oxygens (including phenoxy) is 1. The molecule has 3 heteroatoms. The summed E-state index contributed by atoms with van der Waals surface area (Å²) in [7, 11) is 0. The molecule has 0 radical (unpaired) electrons. The molecule has 0 unspecified atom stereocenters. The lowest BCUT2D eigenvalue weighted by Crippen LogP contribution is -1.95. The Morgan fingerprint density at radius 1 is 1.07 bits per heavy atom. The van der Waals surface area contributed by atoms with E-state index in [4.69, 9.17) is 14.9 Å². The topological polar surface area (TPSA) is 49.7 Å². The summed E-state index contributed by atoms with van der Waals surface area (Å²) in [6.45, 7) is 0.736. The molecule has 3 nitrogen and oxygen atoms in total. The van der Waals surface area contributed by atoms with Crippen molar-refractivity contribution in [3.8, 4) is 0 Å². The van der Waals surface area contributed by atoms with Crippen LogP contribution in [0.5, 0.6) is 0 Å². The largest absolute Gasteiger partial charge is 0.512 e. The molecule has 0 amide bonds. The van der Waals surface area contributed by atoms with Crippen molar-refractivity contribution < 1.29 is 14.9 Å². The van der Waals surface area contributed by atoms with Crippen molar-refractivity contribution in [2.75, 3.05) is 13.2 Å². The molecule has 0 atom stereocenters. The Morgan fingerprint density at radius 3 is 2.20 bits per heavy atom. The van der Waals surface area contributed by atoms with E-state index >= 15 is 0 Å². The highest BCUT2D eigenvalue weighted by Gasteiger charge is 1.94. The lowest BCUT2D eigenvalue weighted by molar-refractivity contribution is 0.242. The van der Waals surface area contributed by atoms with Crippen LogP contribution in [0.2, 0.25) is 0 Å². The van der Waals surface area contributed by atoms with E-state index in [1.165, 1.54) is 11.8 Å². The lowest BCUT2D eigenvalue weighted by Gasteiger charge is -2.03. The van der Waals surface area contributed by atoms with Crippen LogP contribution in [0.25, 0.3) is 0 Å². The van der Waals surface area contributed by atoms with Gasteiger partial charge in [0.15, 0.2) is 0 Å². The minimum Gasteiger partial charge on any atom is -0.512 e. The molecule has 0 fully saturated rings. The molecule has 0 aromatic heterocycles. The summed E-state index contributed by atoms with van der Waals surface area (Å²) in [5, 5.41) is 17.1. The first-order chi connectivity index (χ1) is 7.36. The number of rotatable bonds is 6. The number of aliphatic hydroxyl groups excluding tert-OH is 2. The number of benzene rings is 1. The van der Waals surface area contributed by atoms with Crippen LogP contribution in [-0.2, 0) is 17.6 Å². The van der Waals surface area contributed by atoms with Gasteiger partial charge >= 0.3 is 0 Å². The standard InChI is InChI=1S/C12H16O3/c13-7-5-11-1-3-12(4-2-11)6-9-15-10-8-14/h1-4,8,10,13-14H,5-7,9H2/b10-8-. The molecule has 1 aromatic carbocycles. The zero-order valence-electron chi connectivity index (χ0n) is 8.60. The van der Waals surface area contributed by atoms with Crippen LogP contribution in [0.15, 0.2) is 36.8 Å². The van der Waals surface area contributed by atoms with Crippen LogP contribution in [0, 0.1) is 0 Å². The van der Waals surface area contributed by atoms with Gasteiger partial charge in [-0.05, 0) is 17.5 Å². The second kappa shape index (κ2) is 6.90. The minimum absolute atomic E-state index is 0.184. The molecule has 0 heterocycles. The third kappa shape index (κ3) is 4.51. The average molecular weight is 208 g/mol. The Labute approximate surface area is 89.6 Å². The van der Waals surface area contributed by atoms with Crippen molar-refractivity contribution in [1.82, 2.24) is 0 Å². The molecule has 0 aliphatic rings. The Bertz CT molecular complexity index is 290. The molecule has 1 aromatic rings. The molecule has 2 N–H and O–H groups in total. The molecular formula is C12H16O3. The monoisotopic (exact) mass is 208 g/mol. The first-order valence-electron chi connectivity index (χ1n) is 4.96. The summed E-state index contributed by atoms with van der Waals surface area (Å²) < 4.78 is 4.99. The van der Waals surface area contributed by atoms with Gasteiger partial charge < -0.3 is 14.9 Å². The van der Waals surface area contributed by atoms with E-state index < -0.39 is 0 Å². The summed E-state index contributed by atoms with van der Waals surface area (Å²) in [6, 6.07) is 8.06. The van der Waals surface area contributed by atoms with Crippen molar-refractivity contribution >= 4 is 0 Å². The third-order valence-electron chi connectivity index (χ3n) is 2.09. The summed E-state index contributed by atoms with van der Waals surface area (Å²) >= 11 is 0. The van der Waals surface area contributed by atoms with E-state index in [1.807, 2.05) is 24.3 Å². The van der Waals surface area contributed by atoms with E-state index in [0.29, 0.717) is 13.0 Å². The van der Waals surface area contributed by atoms with Crippen molar-refractivity contribution in [2.24, 2.45) is 0 Å². The van der Waals surface area contributed by atoms with Crippen LogP contribution >= 0.6 is 0 Å². The van der Waals surface area contributed by atoms with Gasteiger partial charge in [-0.15, -0.1) is 0 Å². The van der Waals surface area contributed by atoms with Gasteiger partial charge in [0.25, 0.3) is 0 Å². The summed E-state index contributed by atoms with van der Waals surface area (Å²) in [6.07, 6.45) is 3.65. The average Bonchev–Trinajstić information content (AvgIpc) is 2.27. The van der Waals surface area contributed by atoms with Crippen molar-refractivity contribution in [3.05, 3.63) is 47.9 Å². The summed E-state index contributed by atoms with van der Waals surface area (Å²) in [4.78, 5) is 0. The van der Waals surface area contributed by atoms with E-state index in [2.05, 4.69) is 0 Å². The van der Waals surface area contributed by atoms with Crippen LogP contribution < -0.4 is 0 Å². The highest BCUT2D eigenvalue weighted by atomic mass is 16.5. The maximum Gasteiger partial charge on any atom is 0.117 e. The second-order valence-corrected chi connectivity index (χ2v) is 3.20. The van der Waals surface area contributed by atoms with Crippen molar-refractivity contribution in [1.29, 1.82) is 0 Å². The maximum atomic E-state index is 8.74. The van der Waals surface area contributed by atoms with Gasteiger partial charge in [-0.25, -0.2) is 0 Å². The molecule has 0 bridgehead atoms.